The maximum Gasteiger partial charge on any atom is 0.282 e. The maximum absolute atomic E-state index is 12.7. The molecule has 0 unspecified atom stereocenters. The summed E-state index contributed by atoms with van der Waals surface area (Å²) in [5, 5.41) is 1.23. The van der Waals surface area contributed by atoms with Crippen molar-refractivity contribution in [1.29, 1.82) is 0 Å². The summed E-state index contributed by atoms with van der Waals surface area (Å²) in [4.78, 5) is 25.1. The van der Waals surface area contributed by atoms with Gasteiger partial charge in [-0.25, -0.2) is 5.01 Å². The molecule has 7 nitrogen and oxygen atoms in total. The molecular formula is C20H20N2O5. The monoisotopic (exact) mass is 368 g/mol. The molecule has 0 bridgehead atoms. The van der Waals surface area contributed by atoms with Gasteiger partial charge in [-0.1, -0.05) is 17.7 Å². The van der Waals surface area contributed by atoms with Crippen molar-refractivity contribution in [2.45, 2.75) is 6.92 Å². The summed E-state index contributed by atoms with van der Waals surface area (Å²) in [5.74, 6) is 0.396. The molecule has 0 radical (unpaired) electrons. The smallest absolute Gasteiger partial charge is 0.282 e. The molecule has 0 spiro atoms. The molecule has 2 amide bonds. The summed E-state index contributed by atoms with van der Waals surface area (Å²) >= 11 is 0. The van der Waals surface area contributed by atoms with Crippen LogP contribution in [-0.4, -0.2) is 33.1 Å². The van der Waals surface area contributed by atoms with E-state index < -0.39 is 11.8 Å². The molecule has 3 rings (SSSR count). The van der Waals surface area contributed by atoms with Crippen LogP contribution in [0.2, 0.25) is 0 Å². The van der Waals surface area contributed by atoms with Crippen LogP contribution in [0.15, 0.2) is 42.0 Å². The molecule has 1 heterocycles. The van der Waals surface area contributed by atoms with E-state index in [4.69, 9.17) is 14.2 Å². The molecule has 27 heavy (non-hydrogen) atoms. The van der Waals surface area contributed by atoms with E-state index in [0.717, 1.165) is 5.56 Å². The van der Waals surface area contributed by atoms with E-state index in [1.807, 2.05) is 19.1 Å². The standard InChI is InChI=1S/C20H20N2O5/c1-12-5-7-14(8-6-12)22-20(24)15(19(23)21-22)9-13-10-16(25-2)18(27-4)17(11-13)26-3/h5-11H,1-4H3,(H,21,23)/b15-9-. The molecule has 1 aliphatic heterocycles. The van der Waals surface area contributed by atoms with Gasteiger partial charge in [0, 0.05) is 0 Å². The van der Waals surface area contributed by atoms with Crippen LogP contribution in [0, 0.1) is 6.92 Å². The Morgan fingerprint density at radius 2 is 1.52 bits per heavy atom. The van der Waals surface area contributed by atoms with Gasteiger partial charge >= 0.3 is 0 Å². The number of nitrogens with zero attached hydrogens (tertiary/aromatic N) is 1. The summed E-state index contributed by atoms with van der Waals surface area (Å²) in [6.07, 6.45) is 1.50. The molecule has 0 aromatic heterocycles. The van der Waals surface area contributed by atoms with Crippen LogP contribution in [0.5, 0.6) is 17.2 Å². The van der Waals surface area contributed by atoms with Crippen molar-refractivity contribution in [1.82, 2.24) is 5.43 Å². The summed E-state index contributed by atoms with van der Waals surface area (Å²) in [6.45, 7) is 1.95. The molecule has 1 aliphatic rings. The van der Waals surface area contributed by atoms with Crippen molar-refractivity contribution in [2.75, 3.05) is 26.3 Å². The minimum atomic E-state index is -0.477. The highest BCUT2D eigenvalue weighted by Crippen LogP contribution is 2.39. The van der Waals surface area contributed by atoms with Crippen molar-refractivity contribution in [3.63, 3.8) is 0 Å². The largest absolute Gasteiger partial charge is 0.493 e. The quantitative estimate of drug-likeness (QED) is 0.648. The van der Waals surface area contributed by atoms with E-state index in [-0.39, 0.29) is 5.57 Å². The molecule has 1 fully saturated rings. The third-order valence-electron chi connectivity index (χ3n) is 4.18. The number of methoxy groups -OCH3 is 3. The highest BCUT2D eigenvalue weighted by molar-refractivity contribution is 6.31. The van der Waals surface area contributed by atoms with Crippen LogP contribution in [0.3, 0.4) is 0 Å². The second-order valence-electron chi connectivity index (χ2n) is 5.93. The van der Waals surface area contributed by atoms with Crippen molar-refractivity contribution in [2.24, 2.45) is 0 Å². The number of rotatable bonds is 5. The van der Waals surface area contributed by atoms with E-state index in [9.17, 15) is 9.59 Å². The van der Waals surface area contributed by atoms with E-state index in [2.05, 4.69) is 5.43 Å². The van der Waals surface area contributed by atoms with E-state index in [1.165, 1.54) is 32.4 Å². The first-order valence-electron chi connectivity index (χ1n) is 8.22. The van der Waals surface area contributed by atoms with E-state index in [1.54, 1.807) is 24.3 Å². The first-order valence-corrected chi connectivity index (χ1v) is 8.22. The van der Waals surface area contributed by atoms with Gasteiger partial charge in [-0.15, -0.1) is 0 Å². The van der Waals surface area contributed by atoms with Gasteiger partial charge < -0.3 is 14.2 Å². The van der Waals surface area contributed by atoms with Crippen LogP contribution in [0.25, 0.3) is 6.08 Å². The first kappa shape index (κ1) is 18.3. The summed E-state index contributed by atoms with van der Waals surface area (Å²) in [7, 11) is 4.51. The van der Waals surface area contributed by atoms with Gasteiger partial charge in [0.25, 0.3) is 11.8 Å². The summed E-state index contributed by atoms with van der Waals surface area (Å²) in [5.41, 5.74) is 4.82. The van der Waals surface area contributed by atoms with Crippen LogP contribution < -0.4 is 24.6 Å². The number of amides is 2. The number of aryl methyl sites for hydroxylation is 1. The lowest BCUT2D eigenvalue weighted by Gasteiger charge is -2.14. The normalized spacial score (nSPS) is 15.1. The molecule has 0 atom stereocenters. The molecule has 2 aromatic rings. The zero-order chi connectivity index (χ0) is 19.6. The zero-order valence-corrected chi connectivity index (χ0v) is 15.5. The van der Waals surface area contributed by atoms with Crippen molar-refractivity contribution in [3.8, 4) is 17.2 Å². The van der Waals surface area contributed by atoms with Crippen LogP contribution in [0.4, 0.5) is 5.69 Å². The average molecular weight is 368 g/mol. The van der Waals surface area contributed by atoms with Crippen LogP contribution >= 0.6 is 0 Å². The number of hydrazine groups is 1. The van der Waals surface area contributed by atoms with Gasteiger partial charge in [0.1, 0.15) is 5.57 Å². The minimum Gasteiger partial charge on any atom is -0.493 e. The molecule has 7 heteroatoms. The fourth-order valence-corrected chi connectivity index (χ4v) is 2.78. The maximum atomic E-state index is 12.7. The van der Waals surface area contributed by atoms with Gasteiger partial charge in [0.05, 0.1) is 27.0 Å². The Hall–Kier alpha value is -3.48. The Labute approximate surface area is 157 Å². The predicted molar refractivity (Wildman–Crippen MR) is 101 cm³/mol. The third kappa shape index (κ3) is 3.44. The number of carbonyl (C=O) groups is 2. The zero-order valence-electron chi connectivity index (χ0n) is 15.5. The lowest BCUT2D eigenvalue weighted by Crippen LogP contribution is -2.35. The molecule has 1 N–H and O–H groups in total. The molecule has 140 valence electrons. The SMILES string of the molecule is COc1cc(/C=C2/C(=O)NN(c3ccc(C)cc3)C2=O)cc(OC)c1OC. The van der Waals surface area contributed by atoms with Gasteiger partial charge in [-0.3, -0.25) is 15.0 Å². The number of benzene rings is 2. The Morgan fingerprint density at radius 1 is 0.926 bits per heavy atom. The fourth-order valence-electron chi connectivity index (χ4n) is 2.78. The topological polar surface area (TPSA) is 77.1 Å². The molecule has 1 saturated heterocycles. The van der Waals surface area contributed by atoms with Gasteiger partial charge in [-0.2, -0.15) is 0 Å². The highest BCUT2D eigenvalue weighted by atomic mass is 16.5. The Kier molecular flexibility index (Phi) is 5.03. The minimum absolute atomic E-state index is 0.0184. The van der Waals surface area contributed by atoms with Gasteiger partial charge in [0.2, 0.25) is 5.75 Å². The number of carbonyl (C=O) groups excluding carboxylic acids is 2. The molecule has 0 aliphatic carbocycles. The van der Waals surface area contributed by atoms with Crippen LogP contribution in [0.1, 0.15) is 11.1 Å². The van der Waals surface area contributed by atoms with Crippen molar-refractivity contribution in [3.05, 3.63) is 53.1 Å². The highest BCUT2D eigenvalue weighted by Gasteiger charge is 2.34. The van der Waals surface area contributed by atoms with Crippen molar-refractivity contribution >= 4 is 23.6 Å². The number of hydrogen-bond donors (Lipinski definition) is 1. The Morgan fingerprint density at radius 3 is 2.04 bits per heavy atom. The Bertz CT molecular complexity index is 893. The molecule has 0 saturated carbocycles. The average Bonchev–Trinajstić information content (AvgIpc) is 2.96. The van der Waals surface area contributed by atoms with Gasteiger partial charge in [0.15, 0.2) is 11.5 Å². The summed E-state index contributed by atoms with van der Waals surface area (Å²) < 4.78 is 15.9. The number of nitrogens with one attached hydrogen (secondary N) is 1. The number of ether oxygens (including phenoxy) is 3. The van der Waals surface area contributed by atoms with Gasteiger partial charge in [-0.05, 0) is 42.8 Å². The van der Waals surface area contributed by atoms with Crippen molar-refractivity contribution < 1.29 is 23.8 Å². The summed E-state index contributed by atoms with van der Waals surface area (Å²) in [6, 6.07) is 10.6. The third-order valence-corrected chi connectivity index (χ3v) is 4.18. The number of anilines is 1. The lowest BCUT2D eigenvalue weighted by molar-refractivity contribution is -0.117. The first-order chi connectivity index (χ1) is 13.0. The van der Waals surface area contributed by atoms with E-state index in [0.29, 0.717) is 28.5 Å². The second kappa shape index (κ2) is 7.41. The predicted octanol–water partition coefficient (Wildman–Crippen LogP) is 2.48. The Balaban J connectivity index is 1.98. The number of hydrogen-bond acceptors (Lipinski definition) is 5. The molecular weight excluding hydrogens is 348 g/mol. The van der Waals surface area contributed by atoms with E-state index >= 15 is 0 Å². The molecule has 2 aromatic carbocycles. The van der Waals surface area contributed by atoms with Crippen LogP contribution in [-0.2, 0) is 9.59 Å². The second-order valence-corrected chi connectivity index (χ2v) is 5.93. The lowest BCUT2D eigenvalue weighted by atomic mass is 10.1. The fraction of sp³-hybridized carbons (Fsp3) is 0.200.